The van der Waals surface area contributed by atoms with E-state index in [1.807, 2.05) is 0 Å². The van der Waals surface area contributed by atoms with Crippen molar-refractivity contribution in [1.82, 2.24) is 15.1 Å². The number of likely N-dealkylation sites (N-methyl/N-ethyl adjacent to an activating group) is 1. The van der Waals surface area contributed by atoms with Gasteiger partial charge in [0.15, 0.2) is 0 Å². The third-order valence-electron chi connectivity index (χ3n) is 3.02. The zero-order valence-electron chi connectivity index (χ0n) is 10.8. The molecule has 1 rings (SSSR count). The van der Waals surface area contributed by atoms with Crippen LogP contribution in [0.25, 0.3) is 0 Å². The minimum atomic E-state index is 0.798. The molecule has 1 atom stereocenters. The summed E-state index contributed by atoms with van der Waals surface area (Å²) in [6.07, 6.45) is 1.38. The molecule has 1 saturated heterocycles. The molecule has 0 spiro atoms. The quantitative estimate of drug-likeness (QED) is 0.642. The van der Waals surface area contributed by atoms with E-state index in [0.29, 0.717) is 0 Å². The Kier molecular flexibility index (Phi) is 5.58. The van der Waals surface area contributed by atoms with E-state index in [-0.39, 0.29) is 0 Å². The van der Waals surface area contributed by atoms with Crippen molar-refractivity contribution < 1.29 is 0 Å². The lowest BCUT2D eigenvalue weighted by Crippen LogP contribution is -2.54. The summed E-state index contributed by atoms with van der Waals surface area (Å²) in [7, 11) is 2.20. The lowest BCUT2D eigenvalue weighted by molar-refractivity contribution is 0.0508. The van der Waals surface area contributed by atoms with Crippen molar-refractivity contribution in [3.63, 3.8) is 0 Å². The van der Waals surface area contributed by atoms with Crippen molar-refractivity contribution in [3.05, 3.63) is 0 Å². The summed E-state index contributed by atoms with van der Waals surface area (Å²) in [6, 6.07) is 0.802. The molecule has 15 heavy (non-hydrogen) atoms. The highest BCUT2D eigenvalue weighted by atomic mass is 15.3. The summed E-state index contributed by atoms with van der Waals surface area (Å²) in [4.78, 5) is 5.01. The number of nitrogens with zero attached hydrogens (tertiary/aromatic N) is 2. The molecule has 0 aromatic rings. The summed E-state index contributed by atoms with van der Waals surface area (Å²) in [6.45, 7) is 12.6. The van der Waals surface area contributed by atoms with Gasteiger partial charge in [0.05, 0.1) is 0 Å². The van der Waals surface area contributed by atoms with Crippen molar-refractivity contribution in [1.29, 1.82) is 0 Å². The predicted octanol–water partition coefficient (Wildman–Crippen LogP) is 1.22. The maximum absolute atomic E-state index is 3.36. The molecule has 0 saturated carbocycles. The first-order chi connectivity index (χ1) is 7.13. The molecule has 1 fully saturated rings. The average Bonchev–Trinajstić information content (AvgIpc) is 2.18. The summed E-state index contributed by atoms with van der Waals surface area (Å²) in [5.41, 5.74) is 0. The molecule has 1 aliphatic rings. The van der Waals surface area contributed by atoms with Crippen LogP contribution in [0.3, 0.4) is 0 Å². The van der Waals surface area contributed by atoms with E-state index >= 15 is 0 Å². The zero-order valence-corrected chi connectivity index (χ0v) is 10.8. The highest BCUT2D eigenvalue weighted by Crippen LogP contribution is 2.19. The Morgan fingerprint density at radius 1 is 1.47 bits per heavy atom. The van der Waals surface area contributed by atoms with Gasteiger partial charge in [-0.15, -0.1) is 0 Å². The third kappa shape index (κ3) is 4.49. The van der Waals surface area contributed by atoms with Gasteiger partial charge in [-0.2, -0.15) is 0 Å². The number of rotatable bonds is 7. The Bertz CT molecular complexity index is 170. The van der Waals surface area contributed by atoms with Crippen LogP contribution in [0.15, 0.2) is 0 Å². The first-order valence-corrected chi connectivity index (χ1v) is 6.26. The first-order valence-electron chi connectivity index (χ1n) is 6.26. The maximum Gasteiger partial charge on any atom is 0.0478 e. The van der Waals surface area contributed by atoms with Gasteiger partial charge in [0.25, 0.3) is 0 Å². The molecule has 0 bridgehead atoms. The van der Waals surface area contributed by atoms with Gasteiger partial charge in [0.1, 0.15) is 0 Å². The second-order valence-corrected chi connectivity index (χ2v) is 5.13. The highest BCUT2D eigenvalue weighted by Gasteiger charge is 2.28. The standard InChI is InChI=1S/C12H27N3/c1-5-13-10-14(4)9-12-6-7-15(12)8-11(2)3/h11-13H,5-10H2,1-4H3. The van der Waals surface area contributed by atoms with E-state index in [2.05, 4.69) is 42.9 Å². The molecule has 0 aromatic heterocycles. The van der Waals surface area contributed by atoms with Crippen molar-refractivity contribution in [3.8, 4) is 0 Å². The third-order valence-corrected chi connectivity index (χ3v) is 3.02. The van der Waals surface area contributed by atoms with Gasteiger partial charge >= 0.3 is 0 Å². The maximum atomic E-state index is 3.36. The van der Waals surface area contributed by atoms with Crippen LogP contribution in [-0.2, 0) is 0 Å². The Hall–Kier alpha value is -0.120. The van der Waals surface area contributed by atoms with Crippen LogP contribution in [-0.4, -0.2) is 55.7 Å². The van der Waals surface area contributed by atoms with E-state index in [0.717, 1.165) is 25.2 Å². The van der Waals surface area contributed by atoms with E-state index in [1.54, 1.807) is 0 Å². The molecule has 0 radical (unpaired) electrons. The van der Waals surface area contributed by atoms with Crippen molar-refractivity contribution >= 4 is 0 Å². The summed E-state index contributed by atoms with van der Waals surface area (Å²) < 4.78 is 0. The fraction of sp³-hybridized carbons (Fsp3) is 1.00. The molecular weight excluding hydrogens is 186 g/mol. The van der Waals surface area contributed by atoms with E-state index in [9.17, 15) is 0 Å². The Morgan fingerprint density at radius 2 is 2.20 bits per heavy atom. The Balaban J connectivity index is 2.15. The molecule has 0 amide bonds. The lowest BCUT2D eigenvalue weighted by Gasteiger charge is -2.43. The van der Waals surface area contributed by atoms with Gasteiger partial charge in [0, 0.05) is 32.3 Å². The highest BCUT2D eigenvalue weighted by molar-refractivity contribution is 4.85. The van der Waals surface area contributed by atoms with Gasteiger partial charge < -0.3 is 5.32 Å². The molecule has 90 valence electrons. The topological polar surface area (TPSA) is 18.5 Å². The smallest absolute Gasteiger partial charge is 0.0478 e. The fourth-order valence-corrected chi connectivity index (χ4v) is 2.14. The van der Waals surface area contributed by atoms with Gasteiger partial charge in [-0.1, -0.05) is 20.8 Å². The lowest BCUT2D eigenvalue weighted by atomic mass is 10.0. The first kappa shape index (κ1) is 12.9. The SMILES string of the molecule is CCNCN(C)CC1CCN1CC(C)C. The molecule has 3 heteroatoms. The summed E-state index contributed by atoms with van der Waals surface area (Å²) >= 11 is 0. The van der Waals surface area contributed by atoms with Gasteiger partial charge in [0.2, 0.25) is 0 Å². The molecule has 3 nitrogen and oxygen atoms in total. The van der Waals surface area contributed by atoms with E-state index in [1.165, 1.54) is 26.1 Å². The van der Waals surface area contributed by atoms with Gasteiger partial charge in [-0.3, -0.25) is 9.80 Å². The van der Waals surface area contributed by atoms with Crippen LogP contribution in [0.2, 0.25) is 0 Å². The second kappa shape index (κ2) is 6.46. The minimum absolute atomic E-state index is 0.798. The molecule has 0 aromatic carbocycles. The van der Waals surface area contributed by atoms with Crippen molar-refractivity contribution in [2.75, 3.05) is 39.9 Å². The molecule has 1 aliphatic heterocycles. The summed E-state index contributed by atoms with van der Waals surface area (Å²) in [5, 5.41) is 3.36. The van der Waals surface area contributed by atoms with Crippen molar-refractivity contribution in [2.24, 2.45) is 5.92 Å². The molecule has 1 N–H and O–H groups in total. The van der Waals surface area contributed by atoms with Crippen LogP contribution < -0.4 is 5.32 Å². The van der Waals surface area contributed by atoms with Crippen LogP contribution in [0, 0.1) is 5.92 Å². The molecule has 0 aliphatic carbocycles. The number of likely N-dealkylation sites (tertiary alicyclic amines) is 1. The number of nitrogens with one attached hydrogen (secondary N) is 1. The minimum Gasteiger partial charge on any atom is -0.305 e. The number of hydrogen-bond donors (Lipinski definition) is 1. The van der Waals surface area contributed by atoms with Crippen molar-refractivity contribution in [2.45, 2.75) is 33.2 Å². The second-order valence-electron chi connectivity index (χ2n) is 5.13. The zero-order chi connectivity index (χ0) is 11.3. The Morgan fingerprint density at radius 3 is 2.67 bits per heavy atom. The van der Waals surface area contributed by atoms with Crippen LogP contribution in [0.1, 0.15) is 27.2 Å². The Labute approximate surface area is 94.8 Å². The normalized spacial score (nSPS) is 22.4. The predicted molar refractivity (Wildman–Crippen MR) is 66.0 cm³/mol. The van der Waals surface area contributed by atoms with Crippen LogP contribution in [0.5, 0.6) is 0 Å². The molecule has 1 unspecified atom stereocenters. The fourth-order valence-electron chi connectivity index (χ4n) is 2.14. The van der Waals surface area contributed by atoms with E-state index in [4.69, 9.17) is 0 Å². The van der Waals surface area contributed by atoms with Gasteiger partial charge in [-0.25, -0.2) is 0 Å². The number of hydrogen-bond acceptors (Lipinski definition) is 3. The van der Waals surface area contributed by atoms with E-state index < -0.39 is 0 Å². The van der Waals surface area contributed by atoms with Gasteiger partial charge in [-0.05, 0) is 25.9 Å². The largest absolute Gasteiger partial charge is 0.305 e. The average molecular weight is 213 g/mol. The van der Waals surface area contributed by atoms with Crippen LogP contribution >= 0.6 is 0 Å². The summed E-state index contributed by atoms with van der Waals surface area (Å²) in [5.74, 6) is 0.798. The molecular formula is C12H27N3. The molecule has 1 heterocycles. The monoisotopic (exact) mass is 213 g/mol. The van der Waals surface area contributed by atoms with Crippen LogP contribution in [0.4, 0.5) is 0 Å².